The van der Waals surface area contributed by atoms with E-state index in [2.05, 4.69) is 0 Å². The highest BCUT2D eigenvalue weighted by Gasteiger charge is 2.34. The van der Waals surface area contributed by atoms with Crippen molar-refractivity contribution in [3.8, 4) is 11.5 Å². The third-order valence-electron chi connectivity index (χ3n) is 3.75. The molecule has 0 saturated heterocycles. The lowest BCUT2D eigenvalue weighted by atomic mass is 9.89. The number of hydrogen-bond donors (Lipinski definition) is 0. The average Bonchev–Trinajstić information content (AvgIpc) is 2.66. The van der Waals surface area contributed by atoms with Gasteiger partial charge < -0.3 is 14.2 Å². The zero-order chi connectivity index (χ0) is 18.2. The van der Waals surface area contributed by atoms with Gasteiger partial charge in [0.1, 0.15) is 23.0 Å². The summed E-state index contributed by atoms with van der Waals surface area (Å²) in [6.45, 7) is 2.16. The van der Waals surface area contributed by atoms with E-state index in [4.69, 9.17) is 14.2 Å². The molecule has 2 aromatic rings. The molecule has 0 bridgehead atoms. The molecular formula is C20H22O5. The fraction of sp³-hybridized carbons (Fsp3) is 0.300. The Hall–Kier alpha value is -2.82. The maximum Gasteiger partial charge on any atom is 0.321 e. The van der Waals surface area contributed by atoms with Crippen LogP contribution >= 0.6 is 0 Å². The molecule has 0 fully saturated rings. The molecule has 5 nitrogen and oxygen atoms in total. The predicted molar refractivity (Wildman–Crippen MR) is 94.3 cm³/mol. The molecule has 0 aliphatic heterocycles. The van der Waals surface area contributed by atoms with E-state index in [-0.39, 0.29) is 12.2 Å². The van der Waals surface area contributed by atoms with Crippen LogP contribution in [0.25, 0.3) is 0 Å². The van der Waals surface area contributed by atoms with Crippen LogP contribution in [0.3, 0.4) is 0 Å². The van der Waals surface area contributed by atoms with Gasteiger partial charge in [-0.25, -0.2) is 0 Å². The van der Waals surface area contributed by atoms with Gasteiger partial charge in [-0.3, -0.25) is 9.59 Å². The Bertz CT molecular complexity index is 702. The number of benzene rings is 2. The molecule has 0 aromatic heterocycles. The molecule has 1 atom stereocenters. The van der Waals surface area contributed by atoms with Crippen molar-refractivity contribution in [2.24, 2.45) is 0 Å². The number of rotatable bonds is 8. The summed E-state index contributed by atoms with van der Waals surface area (Å²) in [5.74, 6) is -1.35. The first-order chi connectivity index (χ1) is 12.1. The van der Waals surface area contributed by atoms with E-state index in [0.29, 0.717) is 23.5 Å². The van der Waals surface area contributed by atoms with Gasteiger partial charge >= 0.3 is 5.97 Å². The minimum absolute atomic E-state index is 0.231. The molecular weight excluding hydrogens is 320 g/mol. The van der Waals surface area contributed by atoms with Gasteiger partial charge in [-0.2, -0.15) is 0 Å². The normalized spacial score (nSPS) is 11.5. The Morgan fingerprint density at radius 1 is 0.920 bits per heavy atom. The second-order valence-electron chi connectivity index (χ2n) is 5.41. The summed E-state index contributed by atoms with van der Waals surface area (Å²) in [5.41, 5.74) is 0.802. The third-order valence-corrected chi connectivity index (χ3v) is 3.75. The molecule has 132 valence electrons. The smallest absolute Gasteiger partial charge is 0.321 e. The van der Waals surface area contributed by atoms with E-state index < -0.39 is 17.7 Å². The summed E-state index contributed by atoms with van der Waals surface area (Å²) in [5, 5.41) is 0. The molecule has 2 rings (SSSR count). The van der Waals surface area contributed by atoms with Crippen LogP contribution in [-0.4, -0.2) is 32.6 Å². The summed E-state index contributed by atoms with van der Waals surface area (Å²) in [6.07, 6.45) is 0.680. The quantitative estimate of drug-likeness (QED) is 0.416. The van der Waals surface area contributed by atoms with Crippen LogP contribution in [0, 0.1) is 0 Å². The Kier molecular flexibility index (Phi) is 6.57. The lowest BCUT2D eigenvalue weighted by Gasteiger charge is -2.18. The monoisotopic (exact) mass is 342 g/mol. The maximum absolute atomic E-state index is 13.2. The van der Waals surface area contributed by atoms with E-state index in [9.17, 15) is 9.59 Å². The number of carbonyl (C=O) groups is 2. The molecule has 2 aromatic carbocycles. The lowest BCUT2D eigenvalue weighted by molar-refractivity contribution is -0.144. The van der Waals surface area contributed by atoms with Gasteiger partial charge in [-0.05, 0) is 24.1 Å². The zero-order valence-electron chi connectivity index (χ0n) is 14.7. The molecule has 25 heavy (non-hydrogen) atoms. The number of ketones is 1. The maximum atomic E-state index is 13.2. The highest BCUT2D eigenvalue weighted by Crippen LogP contribution is 2.34. The molecule has 5 heteroatoms. The van der Waals surface area contributed by atoms with Gasteiger partial charge in [0.2, 0.25) is 0 Å². The minimum atomic E-state index is -1.07. The molecule has 0 aliphatic carbocycles. The van der Waals surface area contributed by atoms with E-state index in [0.717, 1.165) is 0 Å². The average molecular weight is 342 g/mol. The van der Waals surface area contributed by atoms with Gasteiger partial charge in [0, 0.05) is 0 Å². The van der Waals surface area contributed by atoms with Crippen molar-refractivity contribution in [1.82, 2.24) is 0 Å². The van der Waals surface area contributed by atoms with Crippen LogP contribution in [0.1, 0.15) is 35.2 Å². The summed E-state index contributed by atoms with van der Waals surface area (Å²) in [4.78, 5) is 25.8. The summed E-state index contributed by atoms with van der Waals surface area (Å²) in [6, 6.07) is 13.9. The molecule has 0 aliphatic rings. The van der Waals surface area contributed by atoms with Crippen LogP contribution in [0.4, 0.5) is 0 Å². The van der Waals surface area contributed by atoms with E-state index >= 15 is 0 Å². The standard InChI is InChI=1S/C20H22O5/c1-4-13-25-20(22)17(14-9-6-5-7-10-14)19(21)18-15(23-2)11-8-12-16(18)24-3/h5-12,17H,4,13H2,1-3H3. The highest BCUT2D eigenvalue weighted by atomic mass is 16.5. The topological polar surface area (TPSA) is 61.8 Å². The molecule has 0 radical (unpaired) electrons. The first-order valence-electron chi connectivity index (χ1n) is 8.10. The molecule has 1 unspecified atom stereocenters. The second-order valence-corrected chi connectivity index (χ2v) is 5.41. The molecule has 0 saturated carbocycles. The Morgan fingerprint density at radius 2 is 1.52 bits per heavy atom. The van der Waals surface area contributed by atoms with Gasteiger partial charge in [0.05, 0.1) is 20.8 Å². The summed E-state index contributed by atoms with van der Waals surface area (Å²) in [7, 11) is 2.94. The van der Waals surface area contributed by atoms with Crippen molar-refractivity contribution >= 4 is 11.8 Å². The number of Topliss-reactive ketones (excluding diaryl/α,β-unsaturated/α-hetero) is 1. The first kappa shape index (κ1) is 18.5. The fourth-order valence-corrected chi connectivity index (χ4v) is 2.56. The largest absolute Gasteiger partial charge is 0.496 e. The number of esters is 1. The summed E-state index contributed by atoms with van der Waals surface area (Å²) >= 11 is 0. The minimum Gasteiger partial charge on any atom is -0.496 e. The second kappa shape index (κ2) is 8.87. The summed E-state index contributed by atoms with van der Waals surface area (Å²) < 4.78 is 15.9. The Morgan fingerprint density at radius 3 is 2.04 bits per heavy atom. The van der Waals surface area contributed by atoms with Crippen LogP contribution in [0.2, 0.25) is 0 Å². The molecule has 0 heterocycles. The van der Waals surface area contributed by atoms with Crippen LogP contribution in [0.15, 0.2) is 48.5 Å². The molecule has 0 spiro atoms. The number of carbonyl (C=O) groups excluding carboxylic acids is 2. The highest BCUT2D eigenvalue weighted by molar-refractivity contribution is 6.15. The van der Waals surface area contributed by atoms with Gasteiger partial charge in [0.15, 0.2) is 5.78 Å². The van der Waals surface area contributed by atoms with E-state index in [1.54, 1.807) is 42.5 Å². The van der Waals surface area contributed by atoms with Crippen molar-refractivity contribution in [3.05, 3.63) is 59.7 Å². The van der Waals surface area contributed by atoms with Gasteiger partial charge in [-0.15, -0.1) is 0 Å². The Labute approximate surface area is 147 Å². The predicted octanol–water partition coefficient (Wildman–Crippen LogP) is 3.62. The van der Waals surface area contributed by atoms with Gasteiger partial charge in [-0.1, -0.05) is 43.3 Å². The van der Waals surface area contributed by atoms with Crippen molar-refractivity contribution in [1.29, 1.82) is 0 Å². The number of hydrogen-bond acceptors (Lipinski definition) is 5. The van der Waals surface area contributed by atoms with E-state index in [1.807, 2.05) is 13.0 Å². The first-order valence-corrected chi connectivity index (χ1v) is 8.10. The van der Waals surface area contributed by atoms with Crippen molar-refractivity contribution in [3.63, 3.8) is 0 Å². The zero-order valence-corrected chi connectivity index (χ0v) is 14.7. The Balaban J connectivity index is 2.51. The number of ether oxygens (including phenoxy) is 3. The van der Waals surface area contributed by atoms with Crippen LogP contribution in [0.5, 0.6) is 11.5 Å². The van der Waals surface area contributed by atoms with Crippen molar-refractivity contribution in [2.75, 3.05) is 20.8 Å². The van der Waals surface area contributed by atoms with Crippen molar-refractivity contribution in [2.45, 2.75) is 19.3 Å². The van der Waals surface area contributed by atoms with Crippen LogP contribution < -0.4 is 9.47 Å². The number of methoxy groups -OCH3 is 2. The van der Waals surface area contributed by atoms with E-state index in [1.165, 1.54) is 14.2 Å². The van der Waals surface area contributed by atoms with Crippen LogP contribution in [-0.2, 0) is 9.53 Å². The SMILES string of the molecule is CCCOC(=O)C(C(=O)c1c(OC)cccc1OC)c1ccccc1. The third kappa shape index (κ3) is 4.18. The molecule has 0 amide bonds. The van der Waals surface area contributed by atoms with Gasteiger partial charge in [0.25, 0.3) is 0 Å². The fourth-order valence-electron chi connectivity index (χ4n) is 2.56. The van der Waals surface area contributed by atoms with Crippen molar-refractivity contribution < 1.29 is 23.8 Å². The molecule has 0 N–H and O–H groups in total. The lowest BCUT2D eigenvalue weighted by Crippen LogP contribution is -2.25.